The summed E-state index contributed by atoms with van der Waals surface area (Å²) in [6, 6.07) is 17.1. The maximum atomic E-state index is 12.0. The van der Waals surface area contributed by atoms with Crippen molar-refractivity contribution in [2.45, 2.75) is 26.7 Å². The Balaban J connectivity index is 1.39. The molecule has 0 heterocycles. The van der Waals surface area contributed by atoms with Gasteiger partial charge < -0.3 is 10.1 Å². The molecule has 0 bridgehead atoms. The van der Waals surface area contributed by atoms with Crippen LogP contribution in [0.3, 0.4) is 0 Å². The molecule has 0 saturated heterocycles. The third kappa shape index (κ3) is 6.31. The van der Waals surface area contributed by atoms with Gasteiger partial charge in [-0.2, -0.15) is 0 Å². The second-order valence-electron chi connectivity index (χ2n) is 7.33. The maximum absolute atomic E-state index is 12.0. The van der Waals surface area contributed by atoms with E-state index in [0.29, 0.717) is 11.4 Å². The van der Waals surface area contributed by atoms with Crippen molar-refractivity contribution >= 4 is 50.1 Å². The quantitative estimate of drug-likeness (QED) is 0.427. The molecule has 3 amide bonds. The fourth-order valence-corrected chi connectivity index (χ4v) is 3.58. The van der Waals surface area contributed by atoms with Crippen LogP contribution in [-0.2, 0) is 14.4 Å². The number of halogens is 1. The zero-order chi connectivity index (χ0) is 23.1. The monoisotopic (exact) mass is 497 g/mol. The molecule has 32 heavy (non-hydrogen) atoms. The molecule has 3 aromatic rings. The molecule has 0 atom stereocenters. The van der Waals surface area contributed by atoms with Crippen LogP contribution in [0, 0.1) is 13.8 Å². The van der Waals surface area contributed by atoms with Gasteiger partial charge in [0.05, 0.1) is 4.47 Å². The van der Waals surface area contributed by atoms with Crippen molar-refractivity contribution in [3.8, 4) is 5.75 Å². The van der Waals surface area contributed by atoms with Crippen LogP contribution in [0.1, 0.15) is 24.0 Å². The lowest BCUT2D eigenvalue weighted by molar-refractivity contribution is -0.130. The minimum absolute atomic E-state index is 0.00480. The van der Waals surface area contributed by atoms with Crippen molar-refractivity contribution in [1.82, 2.24) is 10.9 Å². The van der Waals surface area contributed by atoms with E-state index in [2.05, 4.69) is 32.1 Å². The van der Waals surface area contributed by atoms with Gasteiger partial charge in [0.1, 0.15) is 5.75 Å². The second-order valence-corrected chi connectivity index (χ2v) is 8.12. The number of benzene rings is 3. The van der Waals surface area contributed by atoms with Gasteiger partial charge in [-0.05, 0) is 69.9 Å². The number of carbonyl (C=O) groups is 3. The summed E-state index contributed by atoms with van der Waals surface area (Å²) in [5, 5.41) is 4.77. The van der Waals surface area contributed by atoms with E-state index in [1.54, 1.807) is 6.07 Å². The smallest absolute Gasteiger partial charge is 0.276 e. The van der Waals surface area contributed by atoms with Crippen LogP contribution in [0.4, 0.5) is 5.69 Å². The molecule has 0 aromatic heterocycles. The minimum atomic E-state index is -0.516. The third-order valence-corrected chi connectivity index (χ3v) is 5.72. The van der Waals surface area contributed by atoms with E-state index < -0.39 is 11.8 Å². The highest BCUT2D eigenvalue weighted by Crippen LogP contribution is 2.32. The van der Waals surface area contributed by atoms with Crippen LogP contribution in [0.15, 0.2) is 59.1 Å². The van der Waals surface area contributed by atoms with Gasteiger partial charge in [-0.1, -0.05) is 36.4 Å². The largest absolute Gasteiger partial charge is 0.483 e. The molecular formula is C24H24BrN3O4. The molecule has 0 spiro atoms. The number of anilines is 1. The summed E-state index contributed by atoms with van der Waals surface area (Å²) >= 11 is 3.49. The number of hydrogen-bond donors (Lipinski definition) is 3. The average molecular weight is 498 g/mol. The van der Waals surface area contributed by atoms with Crippen LogP contribution in [0.2, 0.25) is 0 Å². The molecule has 166 valence electrons. The van der Waals surface area contributed by atoms with E-state index in [1.165, 1.54) is 0 Å². The van der Waals surface area contributed by atoms with Gasteiger partial charge in [-0.15, -0.1) is 0 Å². The summed E-state index contributed by atoms with van der Waals surface area (Å²) < 4.78 is 6.30. The number of nitrogens with one attached hydrogen (secondary N) is 3. The van der Waals surface area contributed by atoms with Crippen molar-refractivity contribution in [1.29, 1.82) is 0 Å². The van der Waals surface area contributed by atoms with Gasteiger partial charge in [-0.3, -0.25) is 25.2 Å². The Kier molecular flexibility index (Phi) is 7.83. The van der Waals surface area contributed by atoms with E-state index in [9.17, 15) is 14.4 Å². The SMILES string of the molecule is Cc1ccc(NC(=O)CCC(=O)NNC(=O)COc2ccc3ccccc3c2Br)cc1C. The first-order chi connectivity index (χ1) is 15.3. The molecule has 0 saturated carbocycles. The summed E-state index contributed by atoms with van der Waals surface area (Å²) in [6.07, 6.45) is -0.0663. The Bertz CT molecular complexity index is 1160. The second kappa shape index (κ2) is 10.8. The van der Waals surface area contributed by atoms with Gasteiger partial charge in [0.25, 0.3) is 5.91 Å². The van der Waals surface area contributed by atoms with Crippen LogP contribution < -0.4 is 20.9 Å². The number of rotatable bonds is 7. The first-order valence-corrected chi connectivity index (χ1v) is 10.9. The minimum Gasteiger partial charge on any atom is -0.483 e. The van der Waals surface area contributed by atoms with Crippen molar-refractivity contribution in [3.63, 3.8) is 0 Å². The predicted molar refractivity (Wildman–Crippen MR) is 127 cm³/mol. The summed E-state index contributed by atoms with van der Waals surface area (Å²) in [5.74, 6) is -0.745. The number of amides is 3. The lowest BCUT2D eigenvalue weighted by Gasteiger charge is -2.11. The van der Waals surface area contributed by atoms with E-state index in [4.69, 9.17) is 4.74 Å². The van der Waals surface area contributed by atoms with Crippen LogP contribution in [0.5, 0.6) is 5.75 Å². The van der Waals surface area contributed by atoms with E-state index >= 15 is 0 Å². The average Bonchev–Trinajstić information content (AvgIpc) is 2.78. The molecule has 0 fully saturated rings. The first-order valence-electron chi connectivity index (χ1n) is 10.1. The molecule has 3 N–H and O–H groups in total. The number of aryl methyl sites for hydroxylation is 2. The van der Waals surface area contributed by atoms with Crippen molar-refractivity contribution in [2.75, 3.05) is 11.9 Å². The number of ether oxygens (including phenoxy) is 1. The molecule has 0 aliphatic heterocycles. The third-order valence-electron chi connectivity index (χ3n) is 4.90. The van der Waals surface area contributed by atoms with Crippen molar-refractivity contribution < 1.29 is 19.1 Å². The Labute approximate surface area is 194 Å². The molecule has 0 unspecified atom stereocenters. The molecule has 0 aliphatic carbocycles. The Hall–Kier alpha value is -3.39. The Morgan fingerprint density at radius 3 is 2.34 bits per heavy atom. The first kappa shape index (κ1) is 23.3. The molecule has 8 heteroatoms. The summed E-state index contributed by atoms with van der Waals surface area (Å²) in [4.78, 5) is 35.9. The molecule has 3 aromatic carbocycles. The normalized spacial score (nSPS) is 10.5. The number of hydrogen-bond acceptors (Lipinski definition) is 4. The van der Waals surface area contributed by atoms with Gasteiger partial charge in [-0.25, -0.2) is 0 Å². The van der Waals surface area contributed by atoms with Crippen LogP contribution in [0.25, 0.3) is 10.8 Å². The number of hydrazine groups is 1. The number of fused-ring (bicyclic) bond motifs is 1. The predicted octanol–water partition coefficient (Wildman–Crippen LogP) is 4.16. The molecule has 3 rings (SSSR count). The summed E-state index contributed by atoms with van der Waals surface area (Å²) in [7, 11) is 0. The summed E-state index contributed by atoms with van der Waals surface area (Å²) in [5.41, 5.74) is 7.46. The molecule has 0 aliphatic rings. The zero-order valence-electron chi connectivity index (χ0n) is 17.8. The van der Waals surface area contributed by atoms with Gasteiger partial charge in [0.15, 0.2) is 6.61 Å². The van der Waals surface area contributed by atoms with E-state index in [0.717, 1.165) is 26.4 Å². The van der Waals surface area contributed by atoms with Crippen molar-refractivity contribution in [3.05, 3.63) is 70.2 Å². The fourth-order valence-electron chi connectivity index (χ4n) is 2.98. The molecule has 7 nitrogen and oxygen atoms in total. The van der Waals surface area contributed by atoms with Crippen molar-refractivity contribution in [2.24, 2.45) is 0 Å². The molecule has 0 radical (unpaired) electrons. The van der Waals surface area contributed by atoms with E-state index in [1.807, 2.05) is 62.4 Å². The van der Waals surface area contributed by atoms with Crippen LogP contribution in [-0.4, -0.2) is 24.3 Å². The Morgan fingerprint density at radius 1 is 0.844 bits per heavy atom. The highest BCUT2D eigenvalue weighted by molar-refractivity contribution is 9.10. The lowest BCUT2D eigenvalue weighted by atomic mass is 10.1. The summed E-state index contributed by atoms with van der Waals surface area (Å²) in [6.45, 7) is 3.68. The fraction of sp³-hybridized carbons (Fsp3) is 0.208. The van der Waals surface area contributed by atoms with Gasteiger partial charge in [0, 0.05) is 18.5 Å². The van der Waals surface area contributed by atoms with Crippen LogP contribution >= 0.6 is 15.9 Å². The van der Waals surface area contributed by atoms with Gasteiger partial charge >= 0.3 is 0 Å². The highest BCUT2D eigenvalue weighted by atomic mass is 79.9. The standard InChI is InChI=1S/C24H24BrN3O4/c1-15-7-9-18(13-16(15)2)26-21(29)11-12-22(30)27-28-23(31)14-32-20-10-8-17-5-3-4-6-19(17)24(20)25/h3-10,13H,11-12,14H2,1-2H3,(H,26,29)(H,27,30)(H,28,31). The maximum Gasteiger partial charge on any atom is 0.276 e. The topological polar surface area (TPSA) is 96.5 Å². The Morgan fingerprint density at radius 2 is 1.56 bits per heavy atom. The lowest BCUT2D eigenvalue weighted by Crippen LogP contribution is -2.44. The van der Waals surface area contributed by atoms with E-state index in [-0.39, 0.29) is 25.4 Å². The number of carbonyl (C=O) groups excluding carboxylic acids is 3. The molecular weight excluding hydrogens is 474 g/mol. The van der Waals surface area contributed by atoms with Gasteiger partial charge in [0.2, 0.25) is 11.8 Å². The highest BCUT2D eigenvalue weighted by Gasteiger charge is 2.11. The zero-order valence-corrected chi connectivity index (χ0v) is 19.4.